The van der Waals surface area contributed by atoms with Gasteiger partial charge in [0.25, 0.3) is 5.91 Å². The average Bonchev–Trinajstić information content (AvgIpc) is 2.63. The molecule has 0 spiro atoms. The molecule has 0 fully saturated rings. The van der Waals surface area contributed by atoms with E-state index < -0.39 is 0 Å². The quantitative estimate of drug-likeness (QED) is 0.587. The number of halogens is 1. The second-order valence-electron chi connectivity index (χ2n) is 6.12. The van der Waals surface area contributed by atoms with E-state index in [1.807, 2.05) is 50.2 Å². The van der Waals surface area contributed by atoms with Gasteiger partial charge in [-0.15, -0.1) is 0 Å². The van der Waals surface area contributed by atoms with Gasteiger partial charge in [0.15, 0.2) is 0 Å². The molecule has 0 saturated heterocycles. The second-order valence-corrected chi connectivity index (χ2v) is 7.28. The molecule has 138 valence electrons. The molecule has 6 heteroatoms. The Balaban J connectivity index is 1.79. The molecule has 5 nitrogen and oxygen atoms in total. The average molecular weight is 466 g/mol. The Kier molecular flexibility index (Phi) is 8.06. The van der Waals surface area contributed by atoms with Gasteiger partial charge in [-0.05, 0) is 59.7 Å². The SMILES string of the molecule is CC(C)OCc1cccc(CNC(=O)CNC(=O)c2ccccc2I)c1. The molecule has 0 aliphatic rings. The van der Waals surface area contributed by atoms with Crippen LogP contribution in [0.3, 0.4) is 0 Å². The lowest BCUT2D eigenvalue weighted by molar-refractivity contribution is -0.120. The Morgan fingerprint density at radius 2 is 1.77 bits per heavy atom. The zero-order chi connectivity index (χ0) is 18.9. The number of carbonyl (C=O) groups excluding carboxylic acids is 2. The molecule has 2 N–H and O–H groups in total. The van der Waals surface area contributed by atoms with E-state index in [0.29, 0.717) is 18.7 Å². The third kappa shape index (κ3) is 6.76. The van der Waals surface area contributed by atoms with E-state index in [-0.39, 0.29) is 24.5 Å². The Labute approximate surface area is 167 Å². The van der Waals surface area contributed by atoms with Crippen molar-refractivity contribution in [2.75, 3.05) is 6.54 Å². The van der Waals surface area contributed by atoms with E-state index in [1.165, 1.54) is 0 Å². The maximum Gasteiger partial charge on any atom is 0.252 e. The van der Waals surface area contributed by atoms with Crippen molar-refractivity contribution in [3.63, 3.8) is 0 Å². The first-order valence-corrected chi connectivity index (χ1v) is 9.52. The lowest BCUT2D eigenvalue weighted by Gasteiger charge is -2.10. The smallest absolute Gasteiger partial charge is 0.252 e. The van der Waals surface area contributed by atoms with Gasteiger partial charge in [0.2, 0.25) is 5.91 Å². The third-order valence-electron chi connectivity index (χ3n) is 3.59. The van der Waals surface area contributed by atoms with Crippen molar-refractivity contribution in [3.8, 4) is 0 Å². The number of hydrogen-bond acceptors (Lipinski definition) is 3. The fourth-order valence-electron chi connectivity index (χ4n) is 2.26. The number of carbonyl (C=O) groups is 2. The summed E-state index contributed by atoms with van der Waals surface area (Å²) in [5.74, 6) is -0.480. The highest BCUT2D eigenvalue weighted by Gasteiger charge is 2.10. The van der Waals surface area contributed by atoms with E-state index in [2.05, 4.69) is 33.2 Å². The molecule has 0 unspecified atom stereocenters. The molecular formula is C20H23IN2O3. The molecule has 0 aliphatic heterocycles. The Morgan fingerprint density at radius 3 is 2.50 bits per heavy atom. The molecule has 2 amide bonds. The summed E-state index contributed by atoms with van der Waals surface area (Å²) in [5.41, 5.74) is 2.63. The van der Waals surface area contributed by atoms with E-state index in [4.69, 9.17) is 4.74 Å². The number of nitrogens with one attached hydrogen (secondary N) is 2. The van der Waals surface area contributed by atoms with Crippen molar-refractivity contribution < 1.29 is 14.3 Å². The highest BCUT2D eigenvalue weighted by atomic mass is 127. The van der Waals surface area contributed by atoms with Crippen LogP contribution in [0.1, 0.15) is 35.3 Å². The van der Waals surface area contributed by atoms with Crippen LogP contribution in [0.2, 0.25) is 0 Å². The molecule has 0 heterocycles. The van der Waals surface area contributed by atoms with E-state index in [1.54, 1.807) is 12.1 Å². The molecule has 2 rings (SSSR count). The van der Waals surface area contributed by atoms with Crippen LogP contribution in [-0.4, -0.2) is 24.5 Å². The van der Waals surface area contributed by atoms with Gasteiger partial charge in [-0.25, -0.2) is 0 Å². The lowest BCUT2D eigenvalue weighted by atomic mass is 10.1. The molecule has 0 atom stereocenters. The zero-order valence-corrected chi connectivity index (χ0v) is 17.1. The fraction of sp³-hybridized carbons (Fsp3) is 0.300. The molecule has 0 aliphatic carbocycles. The van der Waals surface area contributed by atoms with Gasteiger partial charge in [-0.2, -0.15) is 0 Å². The zero-order valence-electron chi connectivity index (χ0n) is 14.9. The highest BCUT2D eigenvalue weighted by molar-refractivity contribution is 14.1. The monoisotopic (exact) mass is 466 g/mol. The van der Waals surface area contributed by atoms with Crippen molar-refractivity contribution in [1.82, 2.24) is 10.6 Å². The maximum atomic E-state index is 12.1. The van der Waals surface area contributed by atoms with Crippen LogP contribution >= 0.6 is 22.6 Å². The number of ether oxygens (including phenoxy) is 1. The molecule has 0 bridgehead atoms. The number of hydrogen-bond donors (Lipinski definition) is 2. The summed E-state index contributed by atoms with van der Waals surface area (Å²) in [6.07, 6.45) is 0.176. The fourth-order valence-corrected chi connectivity index (χ4v) is 2.89. The normalized spacial score (nSPS) is 10.6. The van der Waals surface area contributed by atoms with Gasteiger partial charge in [0, 0.05) is 10.1 Å². The van der Waals surface area contributed by atoms with Gasteiger partial charge < -0.3 is 15.4 Å². The van der Waals surface area contributed by atoms with Gasteiger partial charge >= 0.3 is 0 Å². The number of amides is 2. The van der Waals surface area contributed by atoms with Crippen molar-refractivity contribution in [1.29, 1.82) is 0 Å². The minimum Gasteiger partial charge on any atom is -0.374 e. The summed E-state index contributed by atoms with van der Waals surface area (Å²) in [5, 5.41) is 5.46. The van der Waals surface area contributed by atoms with Crippen LogP contribution in [0, 0.1) is 3.57 Å². The predicted octanol–water partition coefficient (Wildman–Crippen LogP) is 3.26. The second kappa shape index (κ2) is 10.3. The lowest BCUT2D eigenvalue weighted by Crippen LogP contribution is -2.36. The summed E-state index contributed by atoms with van der Waals surface area (Å²) in [4.78, 5) is 24.1. The standard InChI is InChI=1S/C20H23IN2O3/c1-14(2)26-13-16-7-5-6-15(10-16)11-22-19(24)12-23-20(25)17-8-3-4-9-18(17)21/h3-10,14H,11-13H2,1-2H3,(H,22,24)(H,23,25). The number of rotatable bonds is 8. The predicted molar refractivity (Wildman–Crippen MR) is 110 cm³/mol. The van der Waals surface area contributed by atoms with Crippen LogP contribution in [-0.2, 0) is 22.7 Å². The first kappa shape index (κ1) is 20.4. The topological polar surface area (TPSA) is 67.4 Å². The van der Waals surface area contributed by atoms with E-state index in [9.17, 15) is 9.59 Å². The minimum absolute atomic E-state index is 0.0556. The van der Waals surface area contributed by atoms with Crippen molar-refractivity contribution in [3.05, 3.63) is 68.8 Å². The van der Waals surface area contributed by atoms with Crippen LogP contribution < -0.4 is 10.6 Å². The Hall–Kier alpha value is -1.93. The summed E-state index contributed by atoms with van der Waals surface area (Å²) in [7, 11) is 0. The van der Waals surface area contributed by atoms with Crippen molar-refractivity contribution in [2.45, 2.75) is 33.1 Å². The van der Waals surface area contributed by atoms with Crippen LogP contribution in [0.15, 0.2) is 48.5 Å². The molecule has 2 aromatic rings. The molecule has 26 heavy (non-hydrogen) atoms. The molecule has 0 aromatic heterocycles. The van der Waals surface area contributed by atoms with Gasteiger partial charge in [0.1, 0.15) is 0 Å². The summed E-state index contributed by atoms with van der Waals surface area (Å²) in [6.45, 7) is 4.89. The molecule has 2 aromatic carbocycles. The first-order chi connectivity index (χ1) is 12.5. The van der Waals surface area contributed by atoms with Crippen LogP contribution in [0.25, 0.3) is 0 Å². The molecular weight excluding hydrogens is 443 g/mol. The Bertz CT molecular complexity index is 762. The van der Waals surface area contributed by atoms with Crippen molar-refractivity contribution >= 4 is 34.4 Å². The maximum absolute atomic E-state index is 12.1. The van der Waals surface area contributed by atoms with Crippen molar-refractivity contribution in [2.24, 2.45) is 0 Å². The van der Waals surface area contributed by atoms with E-state index >= 15 is 0 Å². The Morgan fingerprint density at radius 1 is 1.04 bits per heavy atom. The van der Waals surface area contributed by atoms with E-state index in [0.717, 1.165) is 14.7 Å². The molecule has 0 saturated carbocycles. The van der Waals surface area contributed by atoms with Gasteiger partial charge in [-0.1, -0.05) is 36.4 Å². The largest absolute Gasteiger partial charge is 0.374 e. The van der Waals surface area contributed by atoms with Gasteiger partial charge in [0.05, 0.1) is 24.8 Å². The summed E-state index contributed by atoms with van der Waals surface area (Å²) in [6, 6.07) is 15.1. The minimum atomic E-state index is -0.252. The first-order valence-electron chi connectivity index (χ1n) is 8.44. The number of benzene rings is 2. The van der Waals surface area contributed by atoms with Gasteiger partial charge in [-0.3, -0.25) is 9.59 Å². The summed E-state index contributed by atoms with van der Waals surface area (Å²) < 4.78 is 6.44. The highest BCUT2D eigenvalue weighted by Crippen LogP contribution is 2.11. The van der Waals surface area contributed by atoms with Crippen LogP contribution in [0.5, 0.6) is 0 Å². The summed E-state index contributed by atoms with van der Waals surface area (Å²) >= 11 is 2.10. The molecule has 0 radical (unpaired) electrons. The van der Waals surface area contributed by atoms with Crippen LogP contribution in [0.4, 0.5) is 0 Å². The third-order valence-corrected chi connectivity index (χ3v) is 4.53.